The highest BCUT2D eigenvalue weighted by Gasteiger charge is 2.16. The summed E-state index contributed by atoms with van der Waals surface area (Å²) in [6, 6.07) is 12.4. The highest BCUT2D eigenvalue weighted by Crippen LogP contribution is 2.23. The van der Waals surface area contributed by atoms with E-state index in [9.17, 15) is 9.59 Å². The standard InChI is InChI=1S/C14H8BrIO2/c15-12-7-2-1-5-10(12)14(18)11-6-3-4-9(8-17)13(11)16/h1-8H. The molecule has 4 heteroatoms. The van der Waals surface area contributed by atoms with E-state index in [0.717, 1.165) is 10.8 Å². The maximum Gasteiger partial charge on any atom is 0.195 e. The average Bonchev–Trinajstić information content (AvgIpc) is 2.39. The van der Waals surface area contributed by atoms with Gasteiger partial charge in [0.05, 0.1) is 0 Å². The van der Waals surface area contributed by atoms with Crippen molar-refractivity contribution < 1.29 is 9.59 Å². The fraction of sp³-hybridized carbons (Fsp3) is 0. The van der Waals surface area contributed by atoms with Crippen LogP contribution in [0.1, 0.15) is 26.3 Å². The van der Waals surface area contributed by atoms with Gasteiger partial charge >= 0.3 is 0 Å². The second-order valence-electron chi connectivity index (χ2n) is 3.64. The van der Waals surface area contributed by atoms with Crippen molar-refractivity contribution in [1.82, 2.24) is 0 Å². The van der Waals surface area contributed by atoms with E-state index in [4.69, 9.17) is 0 Å². The Kier molecular flexibility index (Phi) is 4.29. The van der Waals surface area contributed by atoms with E-state index in [1.807, 2.05) is 40.8 Å². The Balaban J connectivity index is 2.54. The molecule has 0 radical (unpaired) electrons. The smallest absolute Gasteiger partial charge is 0.195 e. The van der Waals surface area contributed by atoms with Gasteiger partial charge in [0.1, 0.15) is 0 Å². The molecule has 0 N–H and O–H groups in total. The van der Waals surface area contributed by atoms with Crippen LogP contribution in [-0.4, -0.2) is 12.1 Å². The lowest BCUT2D eigenvalue weighted by Crippen LogP contribution is -2.06. The largest absolute Gasteiger partial charge is 0.298 e. The molecule has 0 aliphatic rings. The van der Waals surface area contributed by atoms with Gasteiger partial charge in [-0.05, 0) is 40.8 Å². The van der Waals surface area contributed by atoms with E-state index in [2.05, 4.69) is 15.9 Å². The Hall–Kier alpha value is -1.01. The highest BCUT2D eigenvalue weighted by atomic mass is 127. The number of ketones is 1. The molecule has 0 aliphatic heterocycles. The number of halogens is 2. The van der Waals surface area contributed by atoms with Crippen molar-refractivity contribution in [3.05, 3.63) is 67.2 Å². The maximum absolute atomic E-state index is 12.4. The lowest BCUT2D eigenvalue weighted by molar-refractivity contribution is 0.103. The van der Waals surface area contributed by atoms with Crippen LogP contribution in [0.4, 0.5) is 0 Å². The first-order valence-corrected chi connectivity index (χ1v) is 7.05. The molecule has 0 bridgehead atoms. The van der Waals surface area contributed by atoms with Crippen LogP contribution in [0.2, 0.25) is 0 Å². The summed E-state index contributed by atoms with van der Waals surface area (Å²) in [6.07, 6.45) is 0.762. The summed E-state index contributed by atoms with van der Waals surface area (Å²) in [5.74, 6) is -0.0874. The Labute approximate surface area is 127 Å². The molecule has 90 valence electrons. The molecule has 2 rings (SSSR count). The second-order valence-corrected chi connectivity index (χ2v) is 5.57. The molecule has 0 heterocycles. The Morgan fingerprint density at radius 3 is 2.39 bits per heavy atom. The Morgan fingerprint density at radius 1 is 1.06 bits per heavy atom. The molecule has 0 aromatic heterocycles. The summed E-state index contributed by atoms with van der Waals surface area (Å²) in [5, 5.41) is 0. The zero-order chi connectivity index (χ0) is 13.1. The van der Waals surface area contributed by atoms with E-state index in [1.54, 1.807) is 24.3 Å². The van der Waals surface area contributed by atoms with Gasteiger partial charge < -0.3 is 0 Å². The van der Waals surface area contributed by atoms with E-state index in [1.165, 1.54) is 0 Å². The van der Waals surface area contributed by atoms with Crippen molar-refractivity contribution in [1.29, 1.82) is 0 Å². The monoisotopic (exact) mass is 414 g/mol. The van der Waals surface area contributed by atoms with Gasteiger partial charge in [0.25, 0.3) is 0 Å². The van der Waals surface area contributed by atoms with Crippen LogP contribution in [0.3, 0.4) is 0 Å². The van der Waals surface area contributed by atoms with Crippen LogP contribution < -0.4 is 0 Å². The van der Waals surface area contributed by atoms with Crippen molar-refractivity contribution in [3.8, 4) is 0 Å². The molecular weight excluding hydrogens is 407 g/mol. The third-order valence-corrected chi connectivity index (χ3v) is 4.41. The van der Waals surface area contributed by atoms with E-state index >= 15 is 0 Å². The van der Waals surface area contributed by atoms with Gasteiger partial charge in [0, 0.05) is 24.7 Å². The van der Waals surface area contributed by atoms with Crippen LogP contribution in [0, 0.1) is 3.57 Å². The molecule has 2 aromatic rings. The third kappa shape index (κ3) is 2.54. The maximum atomic E-state index is 12.4. The minimum Gasteiger partial charge on any atom is -0.298 e. The van der Waals surface area contributed by atoms with Crippen LogP contribution in [0.5, 0.6) is 0 Å². The van der Waals surface area contributed by atoms with E-state index in [-0.39, 0.29) is 5.78 Å². The van der Waals surface area contributed by atoms with Crippen LogP contribution in [0.25, 0.3) is 0 Å². The second kappa shape index (κ2) is 5.75. The zero-order valence-electron chi connectivity index (χ0n) is 9.19. The molecule has 0 unspecified atom stereocenters. The van der Waals surface area contributed by atoms with E-state index < -0.39 is 0 Å². The molecular formula is C14H8BrIO2. The molecule has 0 aliphatic carbocycles. The van der Waals surface area contributed by atoms with Crippen molar-refractivity contribution in [2.45, 2.75) is 0 Å². The molecule has 2 aromatic carbocycles. The van der Waals surface area contributed by atoms with Gasteiger partial charge in [0.2, 0.25) is 0 Å². The van der Waals surface area contributed by atoms with Crippen LogP contribution >= 0.6 is 38.5 Å². The zero-order valence-corrected chi connectivity index (χ0v) is 12.9. The summed E-state index contributed by atoms with van der Waals surface area (Å²) in [5.41, 5.74) is 1.68. The van der Waals surface area contributed by atoms with Gasteiger partial charge in [-0.25, -0.2) is 0 Å². The van der Waals surface area contributed by atoms with Crippen molar-refractivity contribution in [3.63, 3.8) is 0 Å². The molecule has 2 nitrogen and oxygen atoms in total. The number of carbonyl (C=O) groups excluding carboxylic acids is 2. The number of aldehydes is 1. The summed E-state index contributed by atoms with van der Waals surface area (Å²) < 4.78 is 1.44. The molecule has 18 heavy (non-hydrogen) atoms. The summed E-state index contributed by atoms with van der Waals surface area (Å²) in [4.78, 5) is 23.3. The van der Waals surface area contributed by atoms with Crippen molar-refractivity contribution in [2.75, 3.05) is 0 Å². The van der Waals surface area contributed by atoms with Crippen LogP contribution in [-0.2, 0) is 0 Å². The summed E-state index contributed by atoms with van der Waals surface area (Å²) in [6.45, 7) is 0. The predicted octanol–water partition coefficient (Wildman–Crippen LogP) is 4.10. The SMILES string of the molecule is O=Cc1cccc(C(=O)c2ccccc2Br)c1I. The quantitative estimate of drug-likeness (QED) is 0.430. The van der Waals surface area contributed by atoms with Crippen molar-refractivity contribution >= 4 is 50.6 Å². The van der Waals surface area contributed by atoms with Gasteiger partial charge in [-0.2, -0.15) is 0 Å². The Bertz CT molecular complexity index is 623. The third-order valence-electron chi connectivity index (χ3n) is 2.52. The normalized spacial score (nSPS) is 10.1. The van der Waals surface area contributed by atoms with Gasteiger partial charge in [-0.3, -0.25) is 9.59 Å². The highest BCUT2D eigenvalue weighted by molar-refractivity contribution is 14.1. The fourth-order valence-electron chi connectivity index (χ4n) is 1.61. The number of carbonyl (C=O) groups is 2. The first-order valence-electron chi connectivity index (χ1n) is 5.18. The number of rotatable bonds is 3. The van der Waals surface area contributed by atoms with Gasteiger partial charge in [0.15, 0.2) is 12.1 Å². The molecule has 0 spiro atoms. The molecule has 0 amide bonds. The lowest BCUT2D eigenvalue weighted by atomic mass is 10.0. The first kappa shape index (κ1) is 13.4. The fourth-order valence-corrected chi connectivity index (χ4v) is 2.80. The van der Waals surface area contributed by atoms with Gasteiger partial charge in [-0.15, -0.1) is 0 Å². The minimum absolute atomic E-state index is 0.0874. The lowest BCUT2D eigenvalue weighted by Gasteiger charge is -2.07. The minimum atomic E-state index is -0.0874. The predicted molar refractivity (Wildman–Crippen MR) is 82.1 cm³/mol. The topological polar surface area (TPSA) is 34.1 Å². The molecule has 0 saturated carbocycles. The average molecular weight is 415 g/mol. The Morgan fingerprint density at radius 2 is 1.72 bits per heavy atom. The van der Waals surface area contributed by atoms with Crippen molar-refractivity contribution in [2.24, 2.45) is 0 Å². The summed E-state index contributed by atoms with van der Waals surface area (Å²) in [7, 11) is 0. The van der Waals surface area contributed by atoms with Gasteiger partial charge in [-0.1, -0.05) is 40.2 Å². The summed E-state index contributed by atoms with van der Waals surface area (Å²) >= 11 is 5.39. The number of benzene rings is 2. The van der Waals surface area contributed by atoms with Crippen LogP contribution in [0.15, 0.2) is 46.9 Å². The number of hydrogen-bond acceptors (Lipinski definition) is 2. The molecule has 0 fully saturated rings. The molecule has 0 saturated heterocycles. The van der Waals surface area contributed by atoms with E-state index in [0.29, 0.717) is 20.3 Å². The number of hydrogen-bond donors (Lipinski definition) is 0. The molecule has 0 atom stereocenters. The first-order chi connectivity index (χ1) is 8.65.